The standard InChI is InChI=1S/C17H28BrNO2/c1-5-8-14(7-3)19-12-13-10-15(18)17(21-9-6-2)16(11-13)20-4/h10-11,14,19H,5-9,12H2,1-4H3. The average Bonchev–Trinajstić information content (AvgIpc) is 2.49. The summed E-state index contributed by atoms with van der Waals surface area (Å²) in [5.74, 6) is 1.59. The van der Waals surface area contributed by atoms with Crippen molar-refractivity contribution in [2.45, 2.75) is 59.0 Å². The van der Waals surface area contributed by atoms with E-state index in [9.17, 15) is 0 Å². The van der Waals surface area contributed by atoms with Crippen LogP contribution in [0.2, 0.25) is 0 Å². The monoisotopic (exact) mass is 357 g/mol. The quantitative estimate of drug-likeness (QED) is 0.644. The van der Waals surface area contributed by atoms with E-state index >= 15 is 0 Å². The number of hydrogen-bond acceptors (Lipinski definition) is 3. The summed E-state index contributed by atoms with van der Waals surface area (Å²) >= 11 is 3.59. The van der Waals surface area contributed by atoms with Gasteiger partial charge in [-0.1, -0.05) is 27.2 Å². The van der Waals surface area contributed by atoms with Gasteiger partial charge in [0, 0.05) is 12.6 Å². The van der Waals surface area contributed by atoms with Crippen LogP contribution in [0.4, 0.5) is 0 Å². The lowest BCUT2D eigenvalue weighted by Crippen LogP contribution is -2.27. The number of methoxy groups -OCH3 is 1. The van der Waals surface area contributed by atoms with Crippen LogP contribution < -0.4 is 14.8 Å². The zero-order valence-electron chi connectivity index (χ0n) is 13.7. The van der Waals surface area contributed by atoms with Gasteiger partial charge in [0.15, 0.2) is 11.5 Å². The van der Waals surface area contributed by atoms with Crippen molar-refractivity contribution in [1.29, 1.82) is 0 Å². The highest BCUT2D eigenvalue weighted by Gasteiger charge is 2.12. The maximum Gasteiger partial charge on any atom is 0.175 e. The fourth-order valence-electron chi connectivity index (χ4n) is 2.28. The van der Waals surface area contributed by atoms with E-state index in [1.54, 1.807) is 7.11 Å². The van der Waals surface area contributed by atoms with Crippen molar-refractivity contribution in [3.8, 4) is 11.5 Å². The molecule has 0 amide bonds. The molecule has 0 aliphatic heterocycles. The maximum absolute atomic E-state index is 5.76. The Labute approximate surface area is 137 Å². The lowest BCUT2D eigenvalue weighted by Gasteiger charge is -2.18. The van der Waals surface area contributed by atoms with Gasteiger partial charge in [-0.15, -0.1) is 0 Å². The average molecular weight is 358 g/mol. The molecule has 1 aromatic carbocycles. The third-order valence-electron chi connectivity index (χ3n) is 3.46. The SMILES string of the molecule is CCCOc1c(Br)cc(CNC(CC)CCC)cc1OC. The van der Waals surface area contributed by atoms with Crippen molar-refractivity contribution in [1.82, 2.24) is 5.32 Å². The van der Waals surface area contributed by atoms with E-state index in [1.165, 1.54) is 18.4 Å². The van der Waals surface area contributed by atoms with Crippen molar-refractivity contribution >= 4 is 15.9 Å². The van der Waals surface area contributed by atoms with Crippen LogP contribution in [0.5, 0.6) is 11.5 Å². The van der Waals surface area contributed by atoms with Crippen LogP contribution in [0.25, 0.3) is 0 Å². The van der Waals surface area contributed by atoms with Gasteiger partial charge in [-0.05, 0) is 52.9 Å². The van der Waals surface area contributed by atoms with E-state index in [4.69, 9.17) is 9.47 Å². The summed E-state index contributed by atoms with van der Waals surface area (Å²) in [6.45, 7) is 8.09. The first-order chi connectivity index (χ1) is 10.2. The van der Waals surface area contributed by atoms with Gasteiger partial charge in [-0.2, -0.15) is 0 Å². The molecular weight excluding hydrogens is 330 g/mol. The lowest BCUT2D eigenvalue weighted by atomic mass is 10.1. The first-order valence-electron chi connectivity index (χ1n) is 7.88. The Morgan fingerprint density at radius 3 is 2.52 bits per heavy atom. The van der Waals surface area contributed by atoms with Crippen LogP contribution >= 0.6 is 15.9 Å². The number of nitrogens with one attached hydrogen (secondary N) is 1. The number of halogens is 1. The molecule has 4 heteroatoms. The fourth-order valence-corrected chi connectivity index (χ4v) is 2.88. The number of ether oxygens (including phenoxy) is 2. The number of hydrogen-bond donors (Lipinski definition) is 1. The summed E-state index contributed by atoms with van der Waals surface area (Å²) in [6.07, 6.45) is 4.56. The summed E-state index contributed by atoms with van der Waals surface area (Å²) < 4.78 is 12.2. The number of rotatable bonds is 10. The van der Waals surface area contributed by atoms with Crippen molar-refractivity contribution in [3.05, 3.63) is 22.2 Å². The minimum absolute atomic E-state index is 0.579. The molecule has 0 aliphatic carbocycles. The lowest BCUT2D eigenvalue weighted by molar-refractivity contribution is 0.292. The van der Waals surface area contributed by atoms with Crippen LogP contribution in [-0.4, -0.2) is 19.8 Å². The Balaban J connectivity index is 2.78. The van der Waals surface area contributed by atoms with Gasteiger partial charge >= 0.3 is 0 Å². The number of benzene rings is 1. The third-order valence-corrected chi connectivity index (χ3v) is 4.05. The molecule has 0 radical (unpaired) electrons. The smallest absolute Gasteiger partial charge is 0.175 e. The van der Waals surface area contributed by atoms with Crippen LogP contribution in [-0.2, 0) is 6.54 Å². The molecule has 0 fully saturated rings. The van der Waals surface area contributed by atoms with E-state index in [0.717, 1.165) is 35.4 Å². The molecule has 1 aromatic rings. The van der Waals surface area contributed by atoms with Crippen molar-refractivity contribution < 1.29 is 9.47 Å². The minimum atomic E-state index is 0.579. The van der Waals surface area contributed by atoms with E-state index in [2.05, 4.69) is 54.2 Å². The van der Waals surface area contributed by atoms with Crippen LogP contribution in [0.15, 0.2) is 16.6 Å². The Hall–Kier alpha value is -0.740. The Morgan fingerprint density at radius 1 is 1.19 bits per heavy atom. The summed E-state index contributed by atoms with van der Waals surface area (Å²) in [6, 6.07) is 4.75. The largest absolute Gasteiger partial charge is 0.493 e. The molecule has 0 aliphatic rings. The molecule has 21 heavy (non-hydrogen) atoms. The molecule has 1 unspecified atom stereocenters. The summed E-state index contributed by atoms with van der Waals surface area (Å²) in [5, 5.41) is 3.61. The van der Waals surface area contributed by atoms with E-state index in [-0.39, 0.29) is 0 Å². The first kappa shape index (κ1) is 18.3. The molecule has 0 saturated carbocycles. The zero-order chi connectivity index (χ0) is 15.7. The van der Waals surface area contributed by atoms with E-state index < -0.39 is 0 Å². The van der Waals surface area contributed by atoms with Crippen molar-refractivity contribution in [2.24, 2.45) is 0 Å². The van der Waals surface area contributed by atoms with Crippen LogP contribution in [0.3, 0.4) is 0 Å². The molecule has 0 aromatic heterocycles. The minimum Gasteiger partial charge on any atom is -0.493 e. The third kappa shape index (κ3) is 5.87. The van der Waals surface area contributed by atoms with Gasteiger partial charge in [0.2, 0.25) is 0 Å². The zero-order valence-corrected chi connectivity index (χ0v) is 15.3. The highest BCUT2D eigenvalue weighted by Crippen LogP contribution is 2.36. The van der Waals surface area contributed by atoms with Gasteiger partial charge in [-0.3, -0.25) is 0 Å². The van der Waals surface area contributed by atoms with Gasteiger partial charge in [0.05, 0.1) is 18.2 Å². The summed E-state index contributed by atoms with van der Waals surface area (Å²) in [4.78, 5) is 0. The highest BCUT2D eigenvalue weighted by atomic mass is 79.9. The molecule has 1 atom stereocenters. The van der Waals surface area contributed by atoms with Crippen molar-refractivity contribution in [2.75, 3.05) is 13.7 Å². The Bertz CT molecular complexity index is 423. The molecule has 1 N–H and O–H groups in total. The molecule has 1 rings (SSSR count). The van der Waals surface area contributed by atoms with E-state index in [1.807, 2.05) is 0 Å². The molecular formula is C17H28BrNO2. The summed E-state index contributed by atoms with van der Waals surface area (Å²) in [7, 11) is 1.68. The van der Waals surface area contributed by atoms with Gasteiger partial charge in [0.25, 0.3) is 0 Å². The van der Waals surface area contributed by atoms with Crippen LogP contribution in [0, 0.1) is 0 Å². The maximum atomic E-state index is 5.76. The second kappa shape index (κ2) is 10.1. The van der Waals surface area contributed by atoms with Crippen molar-refractivity contribution in [3.63, 3.8) is 0 Å². The fraction of sp³-hybridized carbons (Fsp3) is 0.647. The Morgan fingerprint density at radius 2 is 1.95 bits per heavy atom. The first-order valence-corrected chi connectivity index (χ1v) is 8.68. The van der Waals surface area contributed by atoms with Crippen LogP contribution in [0.1, 0.15) is 52.0 Å². The molecule has 0 spiro atoms. The molecule has 3 nitrogen and oxygen atoms in total. The molecule has 0 saturated heterocycles. The predicted molar refractivity (Wildman–Crippen MR) is 92.3 cm³/mol. The second-order valence-electron chi connectivity index (χ2n) is 5.23. The van der Waals surface area contributed by atoms with Gasteiger partial charge in [0.1, 0.15) is 0 Å². The molecule has 0 bridgehead atoms. The second-order valence-corrected chi connectivity index (χ2v) is 6.09. The van der Waals surface area contributed by atoms with E-state index in [0.29, 0.717) is 12.6 Å². The molecule has 120 valence electrons. The predicted octanol–water partition coefficient (Wildman–Crippen LogP) is 4.91. The van der Waals surface area contributed by atoms with Gasteiger partial charge < -0.3 is 14.8 Å². The topological polar surface area (TPSA) is 30.5 Å². The normalized spacial score (nSPS) is 12.2. The van der Waals surface area contributed by atoms with Gasteiger partial charge in [-0.25, -0.2) is 0 Å². The molecule has 0 heterocycles. The highest BCUT2D eigenvalue weighted by molar-refractivity contribution is 9.10. The summed E-state index contributed by atoms with van der Waals surface area (Å²) in [5.41, 5.74) is 1.21. The Kier molecular flexibility index (Phi) is 8.77.